The van der Waals surface area contributed by atoms with Crippen LogP contribution in [0.1, 0.15) is 24.8 Å². The van der Waals surface area contributed by atoms with Crippen LogP contribution in [0.4, 0.5) is 39.5 Å². The molecule has 0 spiro atoms. The molecule has 1 aromatic carbocycles. The molecule has 0 amide bonds. The van der Waals surface area contributed by atoms with Crippen LogP contribution >= 0.6 is 0 Å². The molecule has 13 heteroatoms. The Balaban J connectivity index is 2.44. The third-order valence-electron chi connectivity index (χ3n) is 4.56. The van der Waals surface area contributed by atoms with Crippen molar-refractivity contribution in [1.29, 1.82) is 0 Å². The topological polar surface area (TPSA) is 37.4 Å². The number of halogens is 9. The number of sulfonamides is 1. The predicted molar refractivity (Wildman–Crippen MR) is 89.6 cm³/mol. The number of hydrogen-bond donors (Lipinski definition) is 0. The highest BCUT2D eigenvalue weighted by Crippen LogP contribution is 2.55. The fourth-order valence-corrected chi connectivity index (χ4v) is 4.53. The summed E-state index contributed by atoms with van der Waals surface area (Å²) in [5, 5.41) is -6.71. The van der Waals surface area contributed by atoms with Crippen LogP contribution in [0.3, 0.4) is 0 Å². The lowest BCUT2D eigenvalue weighted by Gasteiger charge is -2.39. The zero-order valence-corrected chi connectivity index (χ0v) is 15.8. The van der Waals surface area contributed by atoms with Crippen LogP contribution in [-0.4, -0.2) is 48.6 Å². The second kappa shape index (κ2) is 8.06. The number of piperidine rings is 1. The number of nitrogens with zero attached hydrogens (tertiary/aromatic N) is 1. The molecule has 1 aromatic rings. The van der Waals surface area contributed by atoms with E-state index in [2.05, 4.69) is 0 Å². The zero-order chi connectivity index (χ0) is 23.0. The van der Waals surface area contributed by atoms with Crippen molar-refractivity contribution in [2.24, 2.45) is 0 Å². The first-order valence-electron chi connectivity index (χ1n) is 8.52. The van der Waals surface area contributed by atoms with Gasteiger partial charge in [0.25, 0.3) is 10.0 Å². The molecule has 0 radical (unpaired) electrons. The van der Waals surface area contributed by atoms with Gasteiger partial charge in [-0.1, -0.05) is 48.9 Å². The van der Waals surface area contributed by atoms with Crippen LogP contribution in [0.25, 0.3) is 6.08 Å². The molecule has 0 saturated carbocycles. The summed E-state index contributed by atoms with van der Waals surface area (Å²) < 4.78 is 143. The molecule has 1 saturated heterocycles. The molecule has 3 nitrogen and oxygen atoms in total. The fourth-order valence-electron chi connectivity index (χ4n) is 2.88. The van der Waals surface area contributed by atoms with Crippen molar-refractivity contribution in [3.05, 3.63) is 42.0 Å². The third kappa shape index (κ3) is 4.05. The molecule has 0 bridgehead atoms. The van der Waals surface area contributed by atoms with Crippen LogP contribution in [0.5, 0.6) is 0 Å². The first-order chi connectivity index (χ1) is 13.6. The largest absolute Gasteiger partial charge is 0.460 e. The minimum absolute atomic E-state index is 0.0633. The van der Waals surface area contributed by atoms with Gasteiger partial charge in [0.2, 0.25) is 0 Å². The molecule has 0 aromatic heterocycles. The van der Waals surface area contributed by atoms with Crippen molar-refractivity contribution in [2.45, 2.75) is 48.6 Å². The first-order valence-corrected chi connectivity index (χ1v) is 9.96. The number of hydrogen-bond acceptors (Lipinski definition) is 2. The van der Waals surface area contributed by atoms with Gasteiger partial charge in [0.1, 0.15) is 0 Å². The van der Waals surface area contributed by atoms with E-state index in [0.29, 0.717) is 12.0 Å². The minimum Gasteiger partial charge on any atom is -0.206 e. The molecule has 0 aliphatic carbocycles. The molecule has 1 fully saturated rings. The number of alkyl halides is 9. The van der Waals surface area contributed by atoms with Gasteiger partial charge in [-0.3, -0.25) is 0 Å². The van der Waals surface area contributed by atoms with E-state index >= 15 is 0 Å². The summed E-state index contributed by atoms with van der Waals surface area (Å²) in [6, 6.07) is 6.55. The van der Waals surface area contributed by atoms with E-state index < -0.39 is 45.9 Å². The Morgan fingerprint density at radius 2 is 1.43 bits per heavy atom. The smallest absolute Gasteiger partial charge is 0.206 e. The Morgan fingerprint density at radius 1 is 0.867 bits per heavy atom. The zero-order valence-electron chi connectivity index (χ0n) is 15.0. The maximum Gasteiger partial charge on any atom is 0.460 e. The predicted octanol–water partition coefficient (Wildman–Crippen LogP) is 5.31. The van der Waals surface area contributed by atoms with Gasteiger partial charge >= 0.3 is 23.3 Å². The average molecular weight is 469 g/mol. The van der Waals surface area contributed by atoms with Gasteiger partial charge in [-0.2, -0.15) is 43.8 Å². The van der Waals surface area contributed by atoms with Crippen LogP contribution < -0.4 is 0 Å². The molecule has 30 heavy (non-hydrogen) atoms. The van der Waals surface area contributed by atoms with Gasteiger partial charge in [0, 0.05) is 12.6 Å². The van der Waals surface area contributed by atoms with Gasteiger partial charge < -0.3 is 0 Å². The lowest BCUT2D eigenvalue weighted by Crippen LogP contribution is -2.66. The maximum atomic E-state index is 14.1. The lowest BCUT2D eigenvalue weighted by molar-refractivity contribution is -0.382. The van der Waals surface area contributed by atoms with Crippen molar-refractivity contribution in [3.63, 3.8) is 0 Å². The summed E-state index contributed by atoms with van der Waals surface area (Å²) in [7, 11) is -6.60. The standard InChI is InChI=1S/C17H16F9NO2S/c18-14(19,16(22,23)24)15(20,21)17(25,26)30(28,29)27-11-5-4-8-13(27)10-9-12-6-2-1-3-7-12/h1-3,6-7,9-10,13H,4-5,8,11H2/b10-9+. The normalized spacial score (nSPS) is 20.6. The third-order valence-corrected chi connectivity index (χ3v) is 6.53. The molecule has 1 heterocycles. The van der Waals surface area contributed by atoms with E-state index in [4.69, 9.17) is 0 Å². The summed E-state index contributed by atoms with van der Waals surface area (Å²) in [6.45, 7) is -0.741. The highest BCUT2D eigenvalue weighted by atomic mass is 32.2. The Hall–Kier alpha value is -1.76. The van der Waals surface area contributed by atoms with Crippen molar-refractivity contribution in [2.75, 3.05) is 6.54 Å². The quantitative estimate of drug-likeness (QED) is 0.530. The van der Waals surface area contributed by atoms with Crippen LogP contribution in [0.2, 0.25) is 0 Å². The summed E-state index contributed by atoms with van der Waals surface area (Å²) in [4.78, 5) is 0. The molecule has 1 atom stereocenters. The molecular weight excluding hydrogens is 453 g/mol. The molecular formula is C17H16F9NO2S. The molecule has 2 rings (SSSR count). The van der Waals surface area contributed by atoms with E-state index in [9.17, 15) is 47.9 Å². The SMILES string of the molecule is O=S(=O)(N1CCCCC1/C=C/c1ccccc1)C(F)(F)C(F)(F)C(F)(F)C(F)(F)F. The molecule has 1 unspecified atom stereocenters. The van der Waals surface area contributed by atoms with Gasteiger partial charge in [-0.05, 0) is 18.4 Å². The summed E-state index contributed by atoms with van der Waals surface area (Å²) in [6.07, 6.45) is -4.56. The number of benzene rings is 1. The summed E-state index contributed by atoms with van der Waals surface area (Å²) in [5.74, 6) is -14.5. The number of rotatable bonds is 6. The van der Waals surface area contributed by atoms with Crippen LogP contribution in [0, 0.1) is 0 Å². The highest BCUT2D eigenvalue weighted by Gasteiger charge is 2.85. The van der Waals surface area contributed by atoms with Gasteiger partial charge in [0.05, 0.1) is 0 Å². The van der Waals surface area contributed by atoms with Gasteiger partial charge in [-0.15, -0.1) is 0 Å². The van der Waals surface area contributed by atoms with E-state index in [1.807, 2.05) is 0 Å². The fraction of sp³-hybridized carbons (Fsp3) is 0.529. The first kappa shape index (κ1) is 24.5. The summed E-state index contributed by atoms with van der Waals surface area (Å²) in [5.41, 5.74) is 0.501. The van der Waals surface area contributed by atoms with Crippen molar-refractivity contribution >= 4 is 16.1 Å². The highest BCUT2D eigenvalue weighted by molar-refractivity contribution is 7.90. The second-order valence-electron chi connectivity index (χ2n) is 6.61. The average Bonchev–Trinajstić information content (AvgIpc) is 2.66. The van der Waals surface area contributed by atoms with Crippen molar-refractivity contribution in [3.8, 4) is 0 Å². The summed E-state index contributed by atoms with van der Waals surface area (Å²) >= 11 is 0. The molecule has 1 aliphatic heterocycles. The van der Waals surface area contributed by atoms with E-state index in [0.717, 1.165) is 6.08 Å². The monoisotopic (exact) mass is 469 g/mol. The molecule has 1 aliphatic rings. The van der Waals surface area contributed by atoms with Crippen molar-refractivity contribution in [1.82, 2.24) is 4.31 Å². The second-order valence-corrected chi connectivity index (χ2v) is 8.54. The Morgan fingerprint density at radius 3 is 1.97 bits per heavy atom. The van der Waals surface area contributed by atoms with Gasteiger partial charge in [0.15, 0.2) is 0 Å². The van der Waals surface area contributed by atoms with E-state index in [-0.39, 0.29) is 17.1 Å². The Bertz CT molecular complexity index is 867. The maximum absolute atomic E-state index is 14.1. The molecule has 0 N–H and O–H groups in total. The van der Waals surface area contributed by atoms with E-state index in [1.54, 1.807) is 30.3 Å². The van der Waals surface area contributed by atoms with Crippen LogP contribution in [0.15, 0.2) is 36.4 Å². The lowest BCUT2D eigenvalue weighted by atomic mass is 10.0. The molecule has 170 valence electrons. The minimum atomic E-state index is -7.28. The Kier molecular flexibility index (Phi) is 6.58. The van der Waals surface area contributed by atoms with E-state index in [1.165, 1.54) is 6.08 Å². The van der Waals surface area contributed by atoms with Crippen LogP contribution in [-0.2, 0) is 10.0 Å². The van der Waals surface area contributed by atoms with Gasteiger partial charge in [-0.25, -0.2) is 8.42 Å². The van der Waals surface area contributed by atoms with Crippen molar-refractivity contribution < 1.29 is 47.9 Å². The Labute approximate surface area is 166 Å².